The highest BCUT2D eigenvalue weighted by Crippen LogP contribution is 2.12. The lowest BCUT2D eigenvalue weighted by molar-refractivity contribution is 0.935. The molecule has 0 fully saturated rings. The van der Waals surface area contributed by atoms with Crippen LogP contribution >= 0.6 is 11.6 Å². The number of rotatable bonds is 1. The fourth-order valence-corrected chi connectivity index (χ4v) is 1.46. The molecule has 2 N–H and O–H groups in total. The smallest absolute Gasteiger partial charge is 0.234 e. The Kier molecular flexibility index (Phi) is 1.94. The lowest BCUT2D eigenvalue weighted by Gasteiger charge is -1.98. The number of hydrogen-bond donors (Lipinski definition) is 1. The molecule has 0 saturated carbocycles. The third-order valence-corrected chi connectivity index (χ3v) is 2.14. The predicted octanol–water partition coefficient (Wildman–Crippen LogP) is 1.15. The first-order valence-electron chi connectivity index (χ1n) is 3.91. The average molecular weight is 197 g/mol. The van der Waals surface area contributed by atoms with Gasteiger partial charge in [-0.1, -0.05) is 11.6 Å². The number of nitrogens with zero attached hydrogens (tertiary/aromatic N) is 3. The fourth-order valence-electron chi connectivity index (χ4n) is 1.31. The zero-order chi connectivity index (χ0) is 9.42. The Morgan fingerprint density at radius 1 is 1.62 bits per heavy atom. The number of fused-ring (bicyclic) bond motifs is 1. The van der Waals surface area contributed by atoms with Crippen LogP contribution in [-0.4, -0.2) is 14.4 Å². The molecular weight excluding hydrogens is 188 g/mol. The van der Waals surface area contributed by atoms with Crippen LogP contribution in [0.3, 0.4) is 0 Å². The Morgan fingerprint density at radius 3 is 3.08 bits per heavy atom. The molecule has 0 saturated heterocycles. The quantitative estimate of drug-likeness (QED) is 0.745. The van der Waals surface area contributed by atoms with Crippen molar-refractivity contribution in [1.29, 1.82) is 0 Å². The SMILES string of the molecule is Cc1nc2ncc(Cl)cn2c1CN. The summed E-state index contributed by atoms with van der Waals surface area (Å²) in [5.74, 6) is 0.641. The molecule has 4 nitrogen and oxygen atoms in total. The molecule has 0 unspecified atom stereocenters. The first-order valence-corrected chi connectivity index (χ1v) is 4.29. The summed E-state index contributed by atoms with van der Waals surface area (Å²) >= 11 is 5.80. The van der Waals surface area contributed by atoms with Gasteiger partial charge in [0.2, 0.25) is 5.78 Å². The maximum Gasteiger partial charge on any atom is 0.234 e. The van der Waals surface area contributed by atoms with Gasteiger partial charge in [-0.05, 0) is 6.92 Å². The van der Waals surface area contributed by atoms with Crippen LogP contribution in [0.15, 0.2) is 12.4 Å². The van der Waals surface area contributed by atoms with Crippen molar-refractivity contribution in [2.24, 2.45) is 5.73 Å². The second-order valence-electron chi connectivity index (χ2n) is 2.79. The summed E-state index contributed by atoms with van der Waals surface area (Å²) < 4.78 is 1.82. The Hall–Kier alpha value is -1.13. The van der Waals surface area contributed by atoms with Gasteiger partial charge in [0.25, 0.3) is 0 Å². The molecule has 0 atom stereocenters. The second-order valence-corrected chi connectivity index (χ2v) is 3.23. The normalized spacial score (nSPS) is 11.0. The van der Waals surface area contributed by atoms with Crippen molar-refractivity contribution in [2.75, 3.05) is 0 Å². The maximum absolute atomic E-state index is 5.80. The van der Waals surface area contributed by atoms with Gasteiger partial charge in [-0.3, -0.25) is 4.40 Å². The molecule has 2 aromatic rings. The highest BCUT2D eigenvalue weighted by atomic mass is 35.5. The van der Waals surface area contributed by atoms with Gasteiger partial charge in [0.05, 0.1) is 22.6 Å². The van der Waals surface area contributed by atoms with Gasteiger partial charge in [-0.2, -0.15) is 0 Å². The Morgan fingerprint density at radius 2 is 2.38 bits per heavy atom. The Labute approximate surface area is 80.4 Å². The highest BCUT2D eigenvalue weighted by molar-refractivity contribution is 6.30. The molecule has 0 amide bonds. The molecule has 0 bridgehead atoms. The van der Waals surface area contributed by atoms with Crippen molar-refractivity contribution in [2.45, 2.75) is 13.5 Å². The minimum Gasteiger partial charge on any atom is -0.325 e. The summed E-state index contributed by atoms with van der Waals surface area (Å²) in [6.45, 7) is 2.35. The van der Waals surface area contributed by atoms with Crippen LogP contribution < -0.4 is 5.73 Å². The topological polar surface area (TPSA) is 56.2 Å². The van der Waals surface area contributed by atoms with Crippen molar-refractivity contribution in [3.63, 3.8) is 0 Å². The van der Waals surface area contributed by atoms with E-state index in [0.29, 0.717) is 17.3 Å². The second kappa shape index (κ2) is 2.97. The number of aromatic nitrogens is 3. The van der Waals surface area contributed by atoms with Gasteiger partial charge in [-0.15, -0.1) is 0 Å². The van der Waals surface area contributed by atoms with Crippen LogP contribution in [0.5, 0.6) is 0 Å². The summed E-state index contributed by atoms with van der Waals surface area (Å²) in [5, 5.41) is 0.583. The zero-order valence-electron chi connectivity index (χ0n) is 7.16. The highest BCUT2D eigenvalue weighted by Gasteiger charge is 2.07. The van der Waals surface area contributed by atoms with E-state index in [9.17, 15) is 0 Å². The van der Waals surface area contributed by atoms with Crippen molar-refractivity contribution >= 4 is 17.4 Å². The molecule has 2 heterocycles. The largest absolute Gasteiger partial charge is 0.325 e. The number of hydrogen-bond acceptors (Lipinski definition) is 3. The molecule has 13 heavy (non-hydrogen) atoms. The Balaban J connectivity index is 2.80. The summed E-state index contributed by atoms with van der Waals surface area (Å²) in [6.07, 6.45) is 3.34. The molecule has 0 spiro atoms. The van der Waals surface area contributed by atoms with Crippen LogP contribution in [0.25, 0.3) is 5.78 Å². The molecule has 0 aliphatic rings. The monoisotopic (exact) mass is 196 g/mol. The van der Waals surface area contributed by atoms with E-state index in [1.54, 1.807) is 12.4 Å². The molecule has 0 radical (unpaired) electrons. The first kappa shape index (κ1) is 8.47. The minimum atomic E-state index is 0.440. The van der Waals surface area contributed by atoms with Gasteiger partial charge in [0.1, 0.15) is 0 Å². The van der Waals surface area contributed by atoms with E-state index >= 15 is 0 Å². The standard InChI is InChI=1S/C8H9ClN4/c1-5-7(2-10)13-4-6(9)3-11-8(13)12-5/h3-4H,2,10H2,1H3. The van der Waals surface area contributed by atoms with E-state index in [1.165, 1.54) is 0 Å². The van der Waals surface area contributed by atoms with E-state index in [4.69, 9.17) is 17.3 Å². The van der Waals surface area contributed by atoms with E-state index in [0.717, 1.165) is 11.4 Å². The van der Waals surface area contributed by atoms with Gasteiger partial charge < -0.3 is 5.73 Å². The molecule has 0 aromatic carbocycles. The summed E-state index contributed by atoms with van der Waals surface area (Å²) in [4.78, 5) is 8.31. The van der Waals surface area contributed by atoms with Crippen molar-refractivity contribution in [3.05, 3.63) is 28.8 Å². The van der Waals surface area contributed by atoms with Gasteiger partial charge >= 0.3 is 0 Å². The number of halogens is 1. The van der Waals surface area contributed by atoms with Crippen LogP contribution in [0.4, 0.5) is 0 Å². The van der Waals surface area contributed by atoms with Crippen LogP contribution in [0.2, 0.25) is 5.02 Å². The summed E-state index contributed by atoms with van der Waals surface area (Å²) in [6, 6.07) is 0. The molecule has 2 rings (SSSR count). The predicted molar refractivity (Wildman–Crippen MR) is 50.6 cm³/mol. The van der Waals surface area contributed by atoms with Crippen LogP contribution in [0, 0.1) is 6.92 Å². The molecular formula is C8H9ClN4. The van der Waals surface area contributed by atoms with Gasteiger partial charge in [0.15, 0.2) is 0 Å². The van der Waals surface area contributed by atoms with Gasteiger partial charge in [-0.25, -0.2) is 9.97 Å². The summed E-state index contributed by atoms with van der Waals surface area (Å²) in [5.41, 5.74) is 7.43. The van der Waals surface area contributed by atoms with Crippen molar-refractivity contribution in [1.82, 2.24) is 14.4 Å². The zero-order valence-corrected chi connectivity index (χ0v) is 7.91. The van der Waals surface area contributed by atoms with E-state index < -0.39 is 0 Å². The van der Waals surface area contributed by atoms with Crippen LogP contribution in [-0.2, 0) is 6.54 Å². The van der Waals surface area contributed by atoms with E-state index in [-0.39, 0.29) is 0 Å². The maximum atomic E-state index is 5.80. The van der Waals surface area contributed by atoms with Crippen molar-refractivity contribution in [3.8, 4) is 0 Å². The fraction of sp³-hybridized carbons (Fsp3) is 0.250. The molecule has 2 aromatic heterocycles. The molecule has 0 aliphatic heterocycles. The number of aryl methyl sites for hydroxylation is 1. The van der Waals surface area contributed by atoms with E-state index in [1.807, 2.05) is 11.3 Å². The minimum absolute atomic E-state index is 0.440. The Bertz CT molecular complexity index is 449. The van der Waals surface area contributed by atoms with Crippen molar-refractivity contribution < 1.29 is 0 Å². The van der Waals surface area contributed by atoms with E-state index in [2.05, 4.69) is 9.97 Å². The molecule has 0 aliphatic carbocycles. The summed E-state index contributed by atoms with van der Waals surface area (Å²) in [7, 11) is 0. The van der Waals surface area contributed by atoms with Gasteiger partial charge in [0, 0.05) is 12.7 Å². The number of nitrogens with two attached hydrogens (primary N) is 1. The van der Waals surface area contributed by atoms with Crippen LogP contribution in [0.1, 0.15) is 11.4 Å². The third kappa shape index (κ3) is 1.28. The first-order chi connectivity index (χ1) is 6.22. The average Bonchev–Trinajstić information content (AvgIpc) is 2.40. The lowest BCUT2D eigenvalue weighted by atomic mass is 10.3. The molecule has 5 heteroatoms. The lowest BCUT2D eigenvalue weighted by Crippen LogP contribution is -2.02. The third-order valence-electron chi connectivity index (χ3n) is 1.94. The molecule has 68 valence electrons. The number of imidazole rings is 1.